The van der Waals surface area contributed by atoms with E-state index in [9.17, 15) is 27.9 Å². The van der Waals surface area contributed by atoms with Gasteiger partial charge in [-0.2, -0.15) is 13.2 Å². The van der Waals surface area contributed by atoms with Crippen LogP contribution in [0.1, 0.15) is 48.5 Å². The Bertz CT molecular complexity index is 1300. The summed E-state index contributed by atoms with van der Waals surface area (Å²) in [5.74, 6) is -0.778. The Kier molecular flexibility index (Phi) is 5.97. The number of aliphatic imine (C=N–C) groups is 1. The fourth-order valence-electron chi connectivity index (χ4n) is 3.94. The Morgan fingerprint density at radius 2 is 1.91 bits per heavy atom. The van der Waals surface area contributed by atoms with Gasteiger partial charge in [0.15, 0.2) is 0 Å². The number of benzene rings is 2. The molecular weight excluding hydrogens is 435 g/mol. The number of aromatic amines is 1. The van der Waals surface area contributed by atoms with Crippen LogP contribution in [-0.4, -0.2) is 21.7 Å². The highest BCUT2D eigenvalue weighted by molar-refractivity contribution is 6.06. The van der Waals surface area contributed by atoms with Gasteiger partial charge in [-0.25, -0.2) is 0 Å². The highest BCUT2D eigenvalue weighted by atomic mass is 19.4. The number of fused-ring (bicyclic) bond motifs is 1. The summed E-state index contributed by atoms with van der Waals surface area (Å²) >= 11 is 0. The largest absolute Gasteiger partial charge is 0.507 e. The Morgan fingerprint density at radius 1 is 1.18 bits per heavy atom. The van der Waals surface area contributed by atoms with E-state index in [1.807, 2.05) is 0 Å². The summed E-state index contributed by atoms with van der Waals surface area (Å²) in [6.45, 7) is 2.14. The molecule has 2 aromatic carbocycles. The lowest BCUT2D eigenvalue weighted by atomic mass is 9.89. The number of anilines is 1. The third kappa shape index (κ3) is 4.76. The lowest BCUT2D eigenvalue weighted by molar-refractivity contribution is -0.136. The highest BCUT2D eigenvalue weighted by Gasteiger charge is 2.34. The summed E-state index contributed by atoms with van der Waals surface area (Å²) in [4.78, 5) is 32.5. The van der Waals surface area contributed by atoms with Crippen molar-refractivity contribution < 1.29 is 23.1 Å². The summed E-state index contributed by atoms with van der Waals surface area (Å²) in [5, 5.41) is 12.0. The predicted molar refractivity (Wildman–Crippen MR) is 120 cm³/mol. The summed E-state index contributed by atoms with van der Waals surface area (Å²) in [6, 6.07) is 7.78. The molecule has 0 aliphatic heterocycles. The molecule has 0 atom stereocenters. The molecule has 3 aromatic rings. The molecular formula is C24H22F3N3O3. The van der Waals surface area contributed by atoms with Crippen LogP contribution in [0.2, 0.25) is 0 Å². The number of halogens is 3. The van der Waals surface area contributed by atoms with Crippen LogP contribution in [-0.2, 0) is 6.18 Å². The number of carbonyl (C=O) groups excluding carboxylic acids is 1. The summed E-state index contributed by atoms with van der Waals surface area (Å²) in [6.07, 6.45) is -0.230. The zero-order valence-corrected chi connectivity index (χ0v) is 17.8. The number of pyridine rings is 1. The Morgan fingerprint density at radius 3 is 2.61 bits per heavy atom. The maximum absolute atomic E-state index is 13.8. The minimum atomic E-state index is -4.74. The van der Waals surface area contributed by atoms with Crippen LogP contribution in [0.3, 0.4) is 0 Å². The molecule has 9 heteroatoms. The zero-order valence-electron chi connectivity index (χ0n) is 17.8. The number of H-pyrrole nitrogens is 1. The van der Waals surface area contributed by atoms with Gasteiger partial charge in [-0.05, 0) is 61.9 Å². The number of hydrogen-bond acceptors (Lipinski definition) is 4. The smallest absolute Gasteiger partial charge is 0.418 e. The van der Waals surface area contributed by atoms with Gasteiger partial charge >= 0.3 is 6.18 Å². The molecule has 1 saturated carbocycles. The van der Waals surface area contributed by atoms with Gasteiger partial charge in [0.2, 0.25) is 5.43 Å². The summed E-state index contributed by atoms with van der Waals surface area (Å²) < 4.78 is 41.3. The van der Waals surface area contributed by atoms with Gasteiger partial charge in [-0.15, -0.1) is 0 Å². The summed E-state index contributed by atoms with van der Waals surface area (Å²) in [7, 11) is 0. The number of rotatable bonds is 3. The number of alkyl halides is 3. The van der Waals surface area contributed by atoms with Crippen molar-refractivity contribution in [3.05, 3.63) is 63.9 Å². The molecule has 0 saturated heterocycles. The van der Waals surface area contributed by atoms with E-state index in [4.69, 9.17) is 0 Å². The second kappa shape index (κ2) is 8.73. The van der Waals surface area contributed by atoms with Crippen molar-refractivity contribution in [2.75, 3.05) is 5.32 Å². The quantitative estimate of drug-likeness (QED) is 0.465. The van der Waals surface area contributed by atoms with Gasteiger partial charge < -0.3 is 15.4 Å². The Balaban J connectivity index is 1.66. The topological polar surface area (TPSA) is 94.6 Å². The SMILES string of the molecule is CC1CCC(=Nc2ccc(NC(=O)c3c[nH]c4cccc(O)c4c3=O)c(C(F)(F)F)c2)CC1. The first-order valence-electron chi connectivity index (χ1n) is 10.6. The van der Waals surface area contributed by atoms with E-state index in [1.54, 1.807) is 0 Å². The molecule has 0 spiro atoms. The fourth-order valence-corrected chi connectivity index (χ4v) is 3.94. The monoisotopic (exact) mass is 457 g/mol. The number of phenolic OH excluding ortho intramolecular Hbond substituents is 1. The lowest BCUT2D eigenvalue weighted by Gasteiger charge is -2.19. The molecule has 1 aliphatic rings. The predicted octanol–water partition coefficient (Wildman–Crippen LogP) is 5.79. The molecule has 4 rings (SSSR count). The van der Waals surface area contributed by atoms with Crippen molar-refractivity contribution in [1.82, 2.24) is 4.98 Å². The van der Waals surface area contributed by atoms with Crippen LogP contribution >= 0.6 is 0 Å². The molecule has 6 nitrogen and oxygen atoms in total. The van der Waals surface area contributed by atoms with Crippen molar-refractivity contribution in [3.63, 3.8) is 0 Å². The van der Waals surface area contributed by atoms with Crippen LogP contribution in [0.5, 0.6) is 5.75 Å². The number of phenols is 1. The zero-order chi connectivity index (χ0) is 23.8. The van der Waals surface area contributed by atoms with Gasteiger partial charge in [-0.3, -0.25) is 14.6 Å². The average molecular weight is 457 g/mol. The van der Waals surface area contributed by atoms with Crippen LogP contribution in [0.15, 0.2) is 52.4 Å². The van der Waals surface area contributed by atoms with Crippen molar-refractivity contribution >= 4 is 33.9 Å². The van der Waals surface area contributed by atoms with E-state index in [2.05, 4.69) is 22.2 Å². The molecule has 0 bridgehead atoms. The van der Waals surface area contributed by atoms with Gasteiger partial charge in [0.25, 0.3) is 5.91 Å². The van der Waals surface area contributed by atoms with Gasteiger partial charge in [0.05, 0.1) is 27.8 Å². The molecule has 0 unspecified atom stereocenters. The molecule has 3 N–H and O–H groups in total. The van der Waals surface area contributed by atoms with E-state index in [1.165, 1.54) is 24.3 Å². The Labute approximate surface area is 187 Å². The average Bonchev–Trinajstić information content (AvgIpc) is 2.76. The molecule has 172 valence electrons. The summed E-state index contributed by atoms with van der Waals surface area (Å²) in [5.41, 5.74) is -1.42. The van der Waals surface area contributed by atoms with E-state index >= 15 is 0 Å². The van der Waals surface area contributed by atoms with Crippen molar-refractivity contribution in [2.45, 2.75) is 38.8 Å². The first-order chi connectivity index (χ1) is 15.6. The van der Waals surface area contributed by atoms with E-state index in [-0.39, 0.29) is 16.8 Å². The number of aromatic nitrogens is 1. The number of carbonyl (C=O) groups is 1. The molecule has 0 radical (unpaired) electrons. The maximum atomic E-state index is 13.8. The molecule has 1 heterocycles. The first kappa shape index (κ1) is 22.6. The molecule has 1 fully saturated rings. The number of amides is 1. The molecule has 33 heavy (non-hydrogen) atoms. The number of nitrogens with one attached hydrogen (secondary N) is 2. The van der Waals surface area contributed by atoms with Crippen molar-refractivity contribution in [1.29, 1.82) is 0 Å². The number of aromatic hydroxyl groups is 1. The van der Waals surface area contributed by atoms with Gasteiger partial charge in [0.1, 0.15) is 11.3 Å². The maximum Gasteiger partial charge on any atom is 0.418 e. The third-order valence-corrected chi connectivity index (χ3v) is 5.83. The fraction of sp³-hybridized carbons (Fsp3) is 0.292. The highest BCUT2D eigenvalue weighted by Crippen LogP contribution is 2.38. The van der Waals surface area contributed by atoms with Gasteiger partial charge in [0, 0.05) is 11.9 Å². The van der Waals surface area contributed by atoms with Crippen molar-refractivity contribution in [3.8, 4) is 5.75 Å². The second-order valence-corrected chi connectivity index (χ2v) is 8.27. The Hall–Kier alpha value is -3.62. The molecule has 1 aliphatic carbocycles. The first-order valence-corrected chi connectivity index (χ1v) is 10.6. The minimum absolute atomic E-state index is 0.117. The van der Waals surface area contributed by atoms with E-state index in [0.29, 0.717) is 11.4 Å². The third-order valence-electron chi connectivity index (χ3n) is 5.83. The normalized spacial score (nSPS) is 16.6. The standard InChI is InChI=1S/C24H22F3N3O3/c1-13-5-7-14(8-6-13)29-15-9-10-18(17(11-15)24(25,26)27)30-23(33)16-12-28-19-3-2-4-20(31)21(19)22(16)32/h2-4,9-13,31H,5-8H2,1H3,(H,28,32)(H,30,33). The van der Waals surface area contributed by atoms with Crippen LogP contribution in [0.25, 0.3) is 10.9 Å². The van der Waals surface area contributed by atoms with Gasteiger partial charge in [-0.1, -0.05) is 13.0 Å². The number of hydrogen-bond donors (Lipinski definition) is 3. The van der Waals surface area contributed by atoms with Crippen molar-refractivity contribution in [2.24, 2.45) is 10.9 Å². The lowest BCUT2D eigenvalue weighted by Crippen LogP contribution is -2.23. The minimum Gasteiger partial charge on any atom is -0.507 e. The van der Waals surface area contributed by atoms with Crippen LogP contribution in [0, 0.1) is 5.92 Å². The van der Waals surface area contributed by atoms with Crippen LogP contribution < -0.4 is 10.7 Å². The van der Waals surface area contributed by atoms with E-state index < -0.39 is 34.3 Å². The second-order valence-electron chi connectivity index (χ2n) is 8.27. The molecule has 1 aromatic heterocycles. The number of nitrogens with zero attached hydrogens (tertiary/aromatic N) is 1. The van der Waals surface area contributed by atoms with Crippen LogP contribution in [0.4, 0.5) is 24.5 Å². The van der Waals surface area contributed by atoms with E-state index in [0.717, 1.165) is 49.7 Å². The molecule has 1 amide bonds.